The second kappa shape index (κ2) is 6.31. The molecule has 7 heteroatoms. The van der Waals surface area contributed by atoms with Gasteiger partial charge in [0.2, 0.25) is 0 Å². The van der Waals surface area contributed by atoms with Gasteiger partial charge >= 0.3 is 0 Å². The number of nitrogens with zero attached hydrogens (tertiary/aromatic N) is 4. The highest BCUT2D eigenvalue weighted by Gasteiger charge is 2.18. The molecule has 5 nitrogen and oxygen atoms in total. The zero-order valence-corrected chi connectivity index (χ0v) is 12.0. The molecular formula is C15H16F2N4O. The van der Waals surface area contributed by atoms with Crippen molar-refractivity contribution in [3.05, 3.63) is 35.5 Å². The van der Waals surface area contributed by atoms with E-state index in [0.29, 0.717) is 24.1 Å². The van der Waals surface area contributed by atoms with Crippen molar-refractivity contribution in [1.29, 1.82) is 0 Å². The summed E-state index contributed by atoms with van der Waals surface area (Å²) in [7, 11) is 0. The van der Waals surface area contributed by atoms with E-state index in [1.165, 1.54) is 18.9 Å². The van der Waals surface area contributed by atoms with Crippen molar-refractivity contribution < 1.29 is 13.6 Å². The van der Waals surface area contributed by atoms with E-state index < -0.39 is 11.6 Å². The van der Waals surface area contributed by atoms with Gasteiger partial charge < -0.3 is 4.90 Å². The number of benzene rings is 1. The standard InChI is InChI=1S/C15H16F2N4O/c16-12-4-3-11(9-13(12)17)15-14(10-22)18-19-21(15)8-7-20-5-1-2-6-20/h3-4,9-10H,1-2,5-8H2. The average molecular weight is 306 g/mol. The van der Waals surface area contributed by atoms with E-state index in [1.807, 2.05) is 0 Å². The largest absolute Gasteiger partial charge is 0.301 e. The molecule has 2 aromatic rings. The first-order valence-corrected chi connectivity index (χ1v) is 7.25. The van der Waals surface area contributed by atoms with Crippen LogP contribution in [0.2, 0.25) is 0 Å². The van der Waals surface area contributed by atoms with Crippen molar-refractivity contribution in [2.75, 3.05) is 19.6 Å². The SMILES string of the molecule is O=Cc1nnn(CCN2CCCC2)c1-c1ccc(F)c(F)c1. The summed E-state index contributed by atoms with van der Waals surface area (Å²) in [5.41, 5.74) is 0.952. The summed E-state index contributed by atoms with van der Waals surface area (Å²) >= 11 is 0. The zero-order chi connectivity index (χ0) is 15.5. The average Bonchev–Trinajstić information content (AvgIpc) is 3.16. The lowest BCUT2D eigenvalue weighted by molar-refractivity contribution is 0.111. The summed E-state index contributed by atoms with van der Waals surface area (Å²) in [6.45, 7) is 3.44. The van der Waals surface area contributed by atoms with Crippen LogP contribution in [-0.4, -0.2) is 45.8 Å². The summed E-state index contributed by atoms with van der Waals surface area (Å²) in [4.78, 5) is 13.4. The monoisotopic (exact) mass is 306 g/mol. The van der Waals surface area contributed by atoms with Crippen LogP contribution in [0, 0.1) is 11.6 Å². The van der Waals surface area contributed by atoms with E-state index in [1.54, 1.807) is 4.68 Å². The third kappa shape index (κ3) is 2.89. The Morgan fingerprint density at radius 2 is 1.91 bits per heavy atom. The van der Waals surface area contributed by atoms with Crippen LogP contribution in [0.1, 0.15) is 23.3 Å². The second-order valence-electron chi connectivity index (χ2n) is 5.34. The normalized spacial score (nSPS) is 15.4. The number of carbonyl (C=O) groups excluding carboxylic acids is 1. The van der Waals surface area contributed by atoms with E-state index in [0.717, 1.165) is 31.8 Å². The number of carbonyl (C=O) groups is 1. The summed E-state index contributed by atoms with van der Waals surface area (Å²) in [6.07, 6.45) is 2.95. The Morgan fingerprint density at radius 1 is 1.14 bits per heavy atom. The van der Waals surface area contributed by atoms with Gasteiger partial charge in [0, 0.05) is 12.1 Å². The molecule has 0 amide bonds. The van der Waals surface area contributed by atoms with Gasteiger partial charge in [-0.25, -0.2) is 13.5 Å². The first kappa shape index (κ1) is 14.8. The lowest BCUT2D eigenvalue weighted by Gasteiger charge is -2.15. The Balaban J connectivity index is 1.88. The molecule has 0 bridgehead atoms. The first-order valence-electron chi connectivity index (χ1n) is 7.25. The molecule has 1 fully saturated rings. The van der Waals surface area contributed by atoms with Gasteiger partial charge in [0.1, 0.15) is 0 Å². The highest BCUT2D eigenvalue weighted by Crippen LogP contribution is 2.23. The number of aromatic nitrogens is 3. The minimum absolute atomic E-state index is 0.132. The van der Waals surface area contributed by atoms with Crippen molar-refractivity contribution in [3.63, 3.8) is 0 Å². The molecule has 0 atom stereocenters. The number of rotatable bonds is 5. The van der Waals surface area contributed by atoms with Gasteiger partial charge in [0.25, 0.3) is 0 Å². The van der Waals surface area contributed by atoms with Crippen molar-refractivity contribution >= 4 is 6.29 Å². The van der Waals surface area contributed by atoms with E-state index >= 15 is 0 Å². The van der Waals surface area contributed by atoms with Crippen LogP contribution in [0.4, 0.5) is 8.78 Å². The fourth-order valence-electron chi connectivity index (χ4n) is 2.75. The number of aldehydes is 1. The Labute approximate surface area is 126 Å². The fourth-order valence-corrected chi connectivity index (χ4v) is 2.75. The first-order chi connectivity index (χ1) is 10.7. The number of halogens is 2. The molecule has 1 aliphatic rings. The van der Waals surface area contributed by atoms with Crippen LogP contribution in [0.25, 0.3) is 11.3 Å². The summed E-state index contributed by atoms with van der Waals surface area (Å²) in [5.74, 6) is -1.88. The highest BCUT2D eigenvalue weighted by molar-refractivity contribution is 5.83. The molecule has 3 rings (SSSR count). The highest BCUT2D eigenvalue weighted by atomic mass is 19.2. The Hall–Kier alpha value is -2.15. The van der Waals surface area contributed by atoms with Gasteiger partial charge in [0.15, 0.2) is 23.6 Å². The van der Waals surface area contributed by atoms with Gasteiger partial charge in [-0.2, -0.15) is 0 Å². The van der Waals surface area contributed by atoms with Crippen molar-refractivity contribution in [3.8, 4) is 11.3 Å². The molecular weight excluding hydrogens is 290 g/mol. The maximum absolute atomic E-state index is 13.4. The minimum atomic E-state index is -0.957. The minimum Gasteiger partial charge on any atom is -0.301 e. The molecule has 2 heterocycles. The topological polar surface area (TPSA) is 51.0 Å². The van der Waals surface area contributed by atoms with E-state index in [9.17, 15) is 13.6 Å². The van der Waals surface area contributed by atoms with Gasteiger partial charge in [-0.3, -0.25) is 4.79 Å². The quantitative estimate of drug-likeness (QED) is 0.794. The molecule has 116 valence electrons. The summed E-state index contributed by atoms with van der Waals surface area (Å²) in [5, 5.41) is 7.79. The molecule has 1 aliphatic heterocycles. The summed E-state index contributed by atoms with van der Waals surface area (Å²) < 4.78 is 28.1. The van der Waals surface area contributed by atoms with Crippen molar-refractivity contribution in [1.82, 2.24) is 19.9 Å². The van der Waals surface area contributed by atoms with Crippen LogP contribution in [0.3, 0.4) is 0 Å². The lowest BCUT2D eigenvalue weighted by Crippen LogP contribution is -2.24. The van der Waals surface area contributed by atoms with E-state index in [4.69, 9.17) is 0 Å². The molecule has 22 heavy (non-hydrogen) atoms. The van der Waals surface area contributed by atoms with Gasteiger partial charge in [-0.1, -0.05) is 5.21 Å². The Morgan fingerprint density at radius 3 is 2.59 bits per heavy atom. The van der Waals surface area contributed by atoms with E-state index in [-0.39, 0.29) is 5.69 Å². The molecule has 1 aromatic carbocycles. The van der Waals surface area contributed by atoms with E-state index in [2.05, 4.69) is 15.2 Å². The predicted octanol–water partition coefficient (Wildman–Crippen LogP) is 2.13. The lowest BCUT2D eigenvalue weighted by atomic mass is 10.1. The Kier molecular flexibility index (Phi) is 4.24. The van der Waals surface area contributed by atoms with Gasteiger partial charge in [-0.05, 0) is 44.1 Å². The summed E-state index contributed by atoms with van der Waals surface area (Å²) in [6, 6.07) is 3.53. The van der Waals surface area contributed by atoms with Gasteiger partial charge in [0.05, 0.1) is 12.2 Å². The maximum Gasteiger partial charge on any atom is 0.172 e. The van der Waals surface area contributed by atoms with Crippen LogP contribution in [0.5, 0.6) is 0 Å². The molecule has 0 spiro atoms. The molecule has 1 aromatic heterocycles. The fraction of sp³-hybridized carbons (Fsp3) is 0.400. The number of hydrogen-bond donors (Lipinski definition) is 0. The molecule has 1 saturated heterocycles. The van der Waals surface area contributed by atoms with Crippen LogP contribution in [0.15, 0.2) is 18.2 Å². The smallest absolute Gasteiger partial charge is 0.172 e. The number of hydrogen-bond acceptors (Lipinski definition) is 4. The molecule has 0 aliphatic carbocycles. The molecule has 0 saturated carbocycles. The maximum atomic E-state index is 13.4. The van der Waals surface area contributed by atoms with Crippen molar-refractivity contribution in [2.24, 2.45) is 0 Å². The zero-order valence-electron chi connectivity index (χ0n) is 12.0. The molecule has 0 radical (unpaired) electrons. The van der Waals surface area contributed by atoms with Crippen LogP contribution < -0.4 is 0 Å². The molecule has 0 unspecified atom stereocenters. The predicted molar refractivity (Wildman–Crippen MR) is 76.4 cm³/mol. The third-order valence-corrected chi connectivity index (χ3v) is 3.89. The van der Waals surface area contributed by atoms with Crippen LogP contribution >= 0.6 is 0 Å². The molecule has 0 N–H and O–H groups in total. The number of likely N-dealkylation sites (tertiary alicyclic amines) is 1. The van der Waals surface area contributed by atoms with Crippen molar-refractivity contribution in [2.45, 2.75) is 19.4 Å². The Bertz CT molecular complexity index is 680. The second-order valence-corrected chi connectivity index (χ2v) is 5.34. The van der Waals surface area contributed by atoms with Gasteiger partial charge in [-0.15, -0.1) is 5.10 Å². The third-order valence-electron chi connectivity index (χ3n) is 3.89. The van der Waals surface area contributed by atoms with Crippen LogP contribution in [-0.2, 0) is 6.54 Å².